The van der Waals surface area contributed by atoms with Crippen LogP contribution in [0.1, 0.15) is 13.3 Å². The maximum atomic E-state index is 13.2. The molecule has 1 atom stereocenters. The number of anilines is 3. The van der Waals surface area contributed by atoms with Crippen molar-refractivity contribution in [1.82, 2.24) is 10.9 Å². The van der Waals surface area contributed by atoms with Crippen molar-refractivity contribution < 1.29 is 4.79 Å². The quantitative estimate of drug-likeness (QED) is 0.299. The lowest BCUT2D eigenvalue weighted by molar-refractivity contribution is -0.120. The Hall–Kier alpha value is -3.19. The van der Waals surface area contributed by atoms with E-state index in [-0.39, 0.29) is 5.91 Å². The van der Waals surface area contributed by atoms with Crippen molar-refractivity contribution in [3.63, 3.8) is 0 Å². The van der Waals surface area contributed by atoms with Gasteiger partial charge < -0.3 is 11.2 Å². The van der Waals surface area contributed by atoms with Crippen molar-refractivity contribution in [2.75, 3.05) is 16.2 Å². The molecule has 3 aromatic carbocycles. The summed E-state index contributed by atoms with van der Waals surface area (Å²) < 4.78 is 0. The number of hydrazine groups is 2. The van der Waals surface area contributed by atoms with Crippen LogP contribution in [0.4, 0.5) is 17.1 Å². The number of nitrogen functional groups attached to an aromatic ring is 1. The highest BCUT2D eigenvalue weighted by atomic mass is 35.5. The third-order valence-corrected chi connectivity index (χ3v) is 5.82. The summed E-state index contributed by atoms with van der Waals surface area (Å²) in [6.07, 6.45) is 2.38. The normalized spacial score (nSPS) is 16.2. The third-order valence-electron chi connectivity index (χ3n) is 5.18. The molecule has 0 radical (unpaired) electrons. The number of nitrogens with two attached hydrogens (primary N) is 1. The fourth-order valence-electron chi connectivity index (χ4n) is 3.42. The van der Waals surface area contributed by atoms with Crippen molar-refractivity contribution in [3.8, 4) is 11.1 Å². The fourth-order valence-corrected chi connectivity index (χ4v) is 3.83. The van der Waals surface area contributed by atoms with Crippen LogP contribution in [0.3, 0.4) is 0 Å². The summed E-state index contributed by atoms with van der Waals surface area (Å²) in [5.74, 6) is -0.110. The molecular weight excluding hydrogens is 445 g/mol. The minimum absolute atomic E-state index is 0.110. The monoisotopic (exact) mass is 467 g/mol. The van der Waals surface area contributed by atoms with Crippen LogP contribution in [0.2, 0.25) is 10.0 Å². The zero-order valence-electron chi connectivity index (χ0n) is 17.4. The van der Waals surface area contributed by atoms with Crippen LogP contribution < -0.4 is 27.0 Å². The van der Waals surface area contributed by atoms with Gasteiger partial charge in [0.1, 0.15) is 6.04 Å². The van der Waals surface area contributed by atoms with Crippen molar-refractivity contribution in [2.24, 2.45) is 0 Å². The predicted molar refractivity (Wildman–Crippen MR) is 132 cm³/mol. The molecule has 1 unspecified atom stereocenters. The number of carbonyl (C=O) groups is 1. The average Bonchev–Trinajstić information content (AvgIpc) is 2.93. The van der Waals surface area contributed by atoms with Crippen LogP contribution >= 0.6 is 23.2 Å². The summed E-state index contributed by atoms with van der Waals surface area (Å²) in [5.41, 5.74) is 19.9. The van der Waals surface area contributed by atoms with Gasteiger partial charge in [-0.05, 0) is 60.9 Å². The second-order valence-electron chi connectivity index (χ2n) is 7.59. The van der Waals surface area contributed by atoms with E-state index in [0.29, 0.717) is 27.8 Å². The standard InChI is InChI=1S/C24H23Cl2N5O/c1-15-11-23(24(32)31(28-14-15)18-5-3-2-4-6-18)30-29-22-10-8-17(13-20(22)26)16-7-9-21(27)19(25)12-16/h2-10,12-14,23,28-30H,11,27H2,1H3. The van der Waals surface area contributed by atoms with E-state index in [1.807, 2.05) is 67.7 Å². The lowest BCUT2D eigenvalue weighted by Gasteiger charge is -2.25. The van der Waals surface area contributed by atoms with Crippen LogP contribution in [0, 0.1) is 0 Å². The van der Waals surface area contributed by atoms with Gasteiger partial charge in [0.15, 0.2) is 0 Å². The molecule has 1 heterocycles. The Bertz CT molecular complexity index is 1170. The van der Waals surface area contributed by atoms with E-state index in [0.717, 1.165) is 22.4 Å². The van der Waals surface area contributed by atoms with Gasteiger partial charge >= 0.3 is 0 Å². The Morgan fingerprint density at radius 2 is 1.69 bits per heavy atom. The van der Waals surface area contributed by atoms with Crippen LogP contribution in [-0.4, -0.2) is 11.9 Å². The number of benzene rings is 3. The Labute approximate surface area is 196 Å². The van der Waals surface area contributed by atoms with Crippen LogP contribution in [0.15, 0.2) is 78.5 Å². The molecule has 0 spiro atoms. The number of halogens is 2. The molecule has 0 bridgehead atoms. The van der Waals surface area contributed by atoms with Gasteiger partial charge in [-0.2, -0.15) is 0 Å². The van der Waals surface area contributed by atoms with Crippen LogP contribution in [0.25, 0.3) is 11.1 Å². The van der Waals surface area contributed by atoms with E-state index < -0.39 is 6.04 Å². The molecule has 0 aromatic heterocycles. The van der Waals surface area contributed by atoms with Gasteiger partial charge in [0.25, 0.3) is 5.91 Å². The number of hydrogen-bond donors (Lipinski definition) is 4. The second kappa shape index (κ2) is 9.53. The summed E-state index contributed by atoms with van der Waals surface area (Å²) in [7, 11) is 0. The molecule has 0 saturated carbocycles. The highest BCUT2D eigenvalue weighted by Crippen LogP contribution is 2.31. The Morgan fingerprint density at radius 1 is 1.00 bits per heavy atom. The molecule has 4 rings (SSSR count). The van der Waals surface area contributed by atoms with Gasteiger partial charge in [-0.1, -0.05) is 59.1 Å². The smallest absolute Gasteiger partial charge is 0.264 e. The first kappa shape index (κ1) is 22.0. The number of rotatable bonds is 5. The zero-order chi connectivity index (χ0) is 22.7. The lowest BCUT2D eigenvalue weighted by atomic mass is 10.0. The number of hydrogen-bond acceptors (Lipinski definition) is 5. The number of carbonyl (C=O) groups excluding carboxylic acids is 1. The molecule has 1 aliphatic rings. The van der Waals surface area contributed by atoms with E-state index in [1.54, 1.807) is 12.1 Å². The second-order valence-corrected chi connectivity index (χ2v) is 8.40. The first-order chi connectivity index (χ1) is 15.4. The van der Waals surface area contributed by atoms with E-state index in [4.69, 9.17) is 28.9 Å². The molecule has 1 amide bonds. The average molecular weight is 468 g/mol. The third kappa shape index (κ3) is 4.83. The maximum Gasteiger partial charge on any atom is 0.264 e. The van der Waals surface area contributed by atoms with Gasteiger partial charge in [-0.3, -0.25) is 10.2 Å². The molecule has 6 nitrogen and oxygen atoms in total. The lowest BCUT2D eigenvalue weighted by Crippen LogP contribution is -2.51. The first-order valence-corrected chi connectivity index (χ1v) is 10.9. The number of para-hydroxylation sites is 1. The van der Waals surface area contributed by atoms with Crippen molar-refractivity contribution in [2.45, 2.75) is 19.4 Å². The molecule has 164 valence electrons. The molecule has 8 heteroatoms. The van der Waals surface area contributed by atoms with Gasteiger partial charge in [-0.15, -0.1) is 0 Å². The fraction of sp³-hybridized carbons (Fsp3) is 0.125. The van der Waals surface area contributed by atoms with E-state index >= 15 is 0 Å². The Kier molecular flexibility index (Phi) is 6.55. The molecule has 3 aromatic rings. The number of nitrogens with zero attached hydrogens (tertiary/aromatic N) is 1. The van der Waals surface area contributed by atoms with Gasteiger partial charge in [0.05, 0.1) is 27.1 Å². The summed E-state index contributed by atoms with van der Waals surface area (Å²) >= 11 is 12.7. The predicted octanol–water partition coefficient (Wildman–Crippen LogP) is 5.37. The van der Waals surface area contributed by atoms with Crippen molar-refractivity contribution in [3.05, 3.63) is 88.5 Å². The van der Waals surface area contributed by atoms with Gasteiger partial charge in [0, 0.05) is 6.20 Å². The zero-order valence-corrected chi connectivity index (χ0v) is 18.9. The van der Waals surface area contributed by atoms with Gasteiger partial charge in [-0.25, -0.2) is 10.4 Å². The van der Waals surface area contributed by atoms with Crippen molar-refractivity contribution >= 4 is 46.2 Å². The van der Waals surface area contributed by atoms with E-state index in [9.17, 15) is 4.79 Å². The summed E-state index contributed by atoms with van der Waals surface area (Å²) in [4.78, 5) is 13.2. The van der Waals surface area contributed by atoms with Crippen molar-refractivity contribution in [1.29, 1.82) is 0 Å². The Balaban J connectivity index is 1.50. The SMILES string of the molecule is CC1=CNN(c2ccccc2)C(=O)C(NNc2ccc(-c3ccc(N)c(Cl)c3)cc2Cl)C1. The largest absolute Gasteiger partial charge is 0.398 e. The molecule has 0 aliphatic carbocycles. The first-order valence-electron chi connectivity index (χ1n) is 10.1. The summed E-state index contributed by atoms with van der Waals surface area (Å²) in [6.45, 7) is 1.98. The molecule has 0 saturated heterocycles. The molecular formula is C24H23Cl2N5O. The minimum Gasteiger partial charge on any atom is -0.398 e. The summed E-state index contributed by atoms with van der Waals surface area (Å²) in [6, 6.07) is 20.0. The van der Waals surface area contributed by atoms with E-state index in [2.05, 4.69) is 16.3 Å². The highest BCUT2D eigenvalue weighted by molar-refractivity contribution is 6.34. The maximum absolute atomic E-state index is 13.2. The van der Waals surface area contributed by atoms with E-state index in [1.165, 1.54) is 5.01 Å². The topological polar surface area (TPSA) is 82.4 Å². The molecule has 1 aliphatic heterocycles. The number of amides is 1. The minimum atomic E-state index is -0.492. The van der Waals surface area contributed by atoms with Crippen LogP contribution in [-0.2, 0) is 4.79 Å². The molecule has 5 N–H and O–H groups in total. The Morgan fingerprint density at radius 3 is 2.38 bits per heavy atom. The highest BCUT2D eigenvalue weighted by Gasteiger charge is 2.28. The molecule has 32 heavy (non-hydrogen) atoms. The van der Waals surface area contributed by atoms with Crippen LogP contribution in [0.5, 0.6) is 0 Å². The summed E-state index contributed by atoms with van der Waals surface area (Å²) in [5, 5.41) is 2.54. The van der Waals surface area contributed by atoms with Gasteiger partial charge in [0.2, 0.25) is 0 Å². The molecule has 0 fully saturated rings. The number of nitrogens with one attached hydrogen (secondary N) is 3.